The second-order valence-corrected chi connectivity index (χ2v) is 5.71. The predicted octanol–water partition coefficient (Wildman–Crippen LogP) is 0.767. The van der Waals surface area contributed by atoms with Crippen LogP contribution in [0.4, 0.5) is 5.69 Å². The van der Waals surface area contributed by atoms with Crippen molar-refractivity contribution in [3.05, 3.63) is 30.3 Å². The summed E-state index contributed by atoms with van der Waals surface area (Å²) >= 11 is 0. The molecule has 0 bridgehead atoms. The minimum atomic E-state index is -0.506. The Labute approximate surface area is 136 Å². The van der Waals surface area contributed by atoms with Crippen molar-refractivity contribution in [1.29, 1.82) is 0 Å². The molecule has 6 nitrogen and oxygen atoms in total. The van der Waals surface area contributed by atoms with Gasteiger partial charge >= 0.3 is 0 Å². The molecule has 1 amide bonds. The molecule has 0 aliphatic carbocycles. The first-order valence-electron chi connectivity index (χ1n) is 8.20. The quantitative estimate of drug-likeness (QED) is 0.802. The SMILES string of the molecule is O=C([C@@H]1COCCO1)N(CCN1CCOCC1)c1ccccc1. The third kappa shape index (κ3) is 4.51. The van der Waals surface area contributed by atoms with Gasteiger partial charge in [0.2, 0.25) is 0 Å². The lowest BCUT2D eigenvalue weighted by atomic mass is 10.2. The summed E-state index contributed by atoms with van der Waals surface area (Å²) in [6, 6.07) is 9.77. The van der Waals surface area contributed by atoms with Gasteiger partial charge in [-0.3, -0.25) is 9.69 Å². The first kappa shape index (κ1) is 16.4. The van der Waals surface area contributed by atoms with Gasteiger partial charge in [0.15, 0.2) is 6.10 Å². The number of amides is 1. The van der Waals surface area contributed by atoms with E-state index < -0.39 is 6.10 Å². The Kier molecular flexibility index (Phi) is 5.99. The van der Waals surface area contributed by atoms with Crippen molar-refractivity contribution >= 4 is 11.6 Å². The number of rotatable bonds is 5. The van der Waals surface area contributed by atoms with E-state index in [2.05, 4.69) is 4.90 Å². The van der Waals surface area contributed by atoms with Gasteiger partial charge in [-0.05, 0) is 12.1 Å². The highest BCUT2D eigenvalue weighted by molar-refractivity contribution is 5.96. The molecule has 0 radical (unpaired) electrons. The molecule has 0 N–H and O–H groups in total. The lowest BCUT2D eigenvalue weighted by Gasteiger charge is -2.32. The van der Waals surface area contributed by atoms with Crippen LogP contribution in [0.1, 0.15) is 0 Å². The average molecular weight is 320 g/mol. The molecule has 23 heavy (non-hydrogen) atoms. The molecule has 0 saturated carbocycles. The highest BCUT2D eigenvalue weighted by Crippen LogP contribution is 2.17. The smallest absolute Gasteiger partial charge is 0.258 e. The Hall–Kier alpha value is -1.47. The second-order valence-electron chi connectivity index (χ2n) is 5.71. The number of nitrogens with zero attached hydrogens (tertiary/aromatic N) is 2. The van der Waals surface area contributed by atoms with Crippen LogP contribution >= 0.6 is 0 Å². The van der Waals surface area contributed by atoms with E-state index >= 15 is 0 Å². The summed E-state index contributed by atoms with van der Waals surface area (Å²) < 4.78 is 16.3. The molecule has 1 aromatic rings. The Morgan fingerprint density at radius 3 is 2.57 bits per heavy atom. The summed E-state index contributed by atoms with van der Waals surface area (Å²) in [6.07, 6.45) is -0.506. The number of carbonyl (C=O) groups is 1. The number of benzene rings is 1. The maximum Gasteiger partial charge on any atom is 0.258 e. The molecule has 0 unspecified atom stereocenters. The maximum absolute atomic E-state index is 12.8. The fraction of sp³-hybridized carbons (Fsp3) is 0.588. The van der Waals surface area contributed by atoms with Gasteiger partial charge in [0.1, 0.15) is 0 Å². The van der Waals surface area contributed by atoms with Gasteiger partial charge in [0.25, 0.3) is 5.91 Å². The summed E-state index contributed by atoms with van der Waals surface area (Å²) in [5, 5.41) is 0. The van der Waals surface area contributed by atoms with Crippen molar-refractivity contribution in [3.8, 4) is 0 Å². The van der Waals surface area contributed by atoms with Crippen LogP contribution in [0.15, 0.2) is 30.3 Å². The summed E-state index contributed by atoms with van der Waals surface area (Å²) in [6.45, 7) is 6.20. The number of hydrogen-bond donors (Lipinski definition) is 0. The molecule has 1 atom stereocenters. The van der Waals surface area contributed by atoms with E-state index in [-0.39, 0.29) is 5.91 Å². The Balaban J connectivity index is 1.66. The number of morpholine rings is 1. The molecule has 3 rings (SSSR count). The molecule has 126 valence electrons. The van der Waals surface area contributed by atoms with Crippen molar-refractivity contribution in [2.45, 2.75) is 6.10 Å². The van der Waals surface area contributed by atoms with Crippen LogP contribution in [0.5, 0.6) is 0 Å². The van der Waals surface area contributed by atoms with E-state index in [9.17, 15) is 4.79 Å². The van der Waals surface area contributed by atoms with E-state index in [4.69, 9.17) is 14.2 Å². The summed E-state index contributed by atoms with van der Waals surface area (Å²) in [4.78, 5) is 17.0. The van der Waals surface area contributed by atoms with Crippen LogP contribution in [0, 0.1) is 0 Å². The van der Waals surface area contributed by atoms with Crippen molar-refractivity contribution < 1.29 is 19.0 Å². The van der Waals surface area contributed by atoms with Crippen molar-refractivity contribution in [2.24, 2.45) is 0 Å². The summed E-state index contributed by atoms with van der Waals surface area (Å²) in [7, 11) is 0. The minimum Gasteiger partial charge on any atom is -0.379 e. The largest absolute Gasteiger partial charge is 0.379 e. The van der Waals surface area contributed by atoms with Gasteiger partial charge in [0.05, 0.1) is 33.0 Å². The highest BCUT2D eigenvalue weighted by Gasteiger charge is 2.28. The molecule has 2 aliphatic rings. The molecule has 2 fully saturated rings. The van der Waals surface area contributed by atoms with Crippen molar-refractivity contribution in [2.75, 3.05) is 64.1 Å². The van der Waals surface area contributed by atoms with Gasteiger partial charge in [-0.1, -0.05) is 18.2 Å². The second kappa shape index (κ2) is 8.40. The zero-order valence-corrected chi connectivity index (χ0v) is 13.4. The number of ether oxygens (including phenoxy) is 3. The number of carbonyl (C=O) groups excluding carboxylic acids is 1. The summed E-state index contributed by atoms with van der Waals surface area (Å²) in [5.74, 6) is -0.0239. The zero-order chi connectivity index (χ0) is 15.9. The fourth-order valence-corrected chi connectivity index (χ4v) is 2.84. The van der Waals surface area contributed by atoms with Gasteiger partial charge in [-0.15, -0.1) is 0 Å². The average Bonchev–Trinajstić information content (AvgIpc) is 2.64. The Bertz CT molecular complexity index is 485. The normalized spacial score (nSPS) is 22.7. The van der Waals surface area contributed by atoms with E-state index in [0.717, 1.165) is 38.5 Å². The molecule has 1 aromatic carbocycles. The first-order chi connectivity index (χ1) is 11.3. The molecular weight excluding hydrogens is 296 g/mol. The standard InChI is InChI=1S/C17H24N2O4/c20-17(16-14-22-12-13-23-16)19(15-4-2-1-3-5-15)7-6-18-8-10-21-11-9-18/h1-5,16H,6-14H2/t16-/m0/s1. The predicted molar refractivity (Wildman–Crippen MR) is 86.6 cm³/mol. The summed E-state index contributed by atoms with van der Waals surface area (Å²) in [5.41, 5.74) is 0.903. The lowest BCUT2D eigenvalue weighted by Crippen LogP contribution is -2.49. The van der Waals surface area contributed by atoms with Crippen LogP contribution in [0.25, 0.3) is 0 Å². The van der Waals surface area contributed by atoms with Crippen molar-refractivity contribution in [1.82, 2.24) is 4.90 Å². The van der Waals surface area contributed by atoms with Gasteiger partial charge in [0, 0.05) is 31.9 Å². The van der Waals surface area contributed by atoms with Crippen LogP contribution in [-0.2, 0) is 19.0 Å². The van der Waals surface area contributed by atoms with Gasteiger partial charge in [-0.25, -0.2) is 0 Å². The molecule has 0 spiro atoms. The molecule has 2 heterocycles. The monoisotopic (exact) mass is 320 g/mol. The van der Waals surface area contributed by atoms with Gasteiger partial charge < -0.3 is 19.1 Å². The minimum absolute atomic E-state index is 0.0239. The number of anilines is 1. The zero-order valence-electron chi connectivity index (χ0n) is 13.4. The number of para-hydroxylation sites is 1. The Morgan fingerprint density at radius 2 is 1.87 bits per heavy atom. The van der Waals surface area contributed by atoms with E-state index in [0.29, 0.717) is 26.4 Å². The van der Waals surface area contributed by atoms with Crippen LogP contribution in [-0.4, -0.2) is 76.1 Å². The van der Waals surface area contributed by atoms with Crippen molar-refractivity contribution in [3.63, 3.8) is 0 Å². The third-order valence-electron chi connectivity index (χ3n) is 4.17. The Morgan fingerprint density at radius 1 is 1.09 bits per heavy atom. The fourth-order valence-electron chi connectivity index (χ4n) is 2.84. The van der Waals surface area contributed by atoms with E-state index in [1.54, 1.807) is 0 Å². The molecular formula is C17H24N2O4. The third-order valence-corrected chi connectivity index (χ3v) is 4.17. The van der Waals surface area contributed by atoms with Crippen LogP contribution in [0.3, 0.4) is 0 Å². The van der Waals surface area contributed by atoms with Gasteiger partial charge in [-0.2, -0.15) is 0 Å². The maximum atomic E-state index is 12.8. The van der Waals surface area contributed by atoms with Crippen LogP contribution < -0.4 is 4.90 Å². The highest BCUT2D eigenvalue weighted by atomic mass is 16.6. The van der Waals surface area contributed by atoms with Crippen LogP contribution in [0.2, 0.25) is 0 Å². The molecule has 2 saturated heterocycles. The molecule has 0 aromatic heterocycles. The van der Waals surface area contributed by atoms with E-state index in [1.807, 2.05) is 35.2 Å². The van der Waals surface area contributed by atoms with E-state index in [1.165, 1.54) is 0 Å². The number of hydrogen-bond acceptors (Lipinski definition) is 5. The lowest BCUT2D eigenvalue weighted by molar-refractivity contribution is -0.144. The topological polar surface area (TPSA) is 51.2 Å². The first-order valence-corrected chi connectivity index (χ1v) is 8.20. The molecule has 2 aliphatic heterocycles. The molecule has 6 heteroatoms.